The van der Waals surface area contributed by atoms with Crippen LogP contribution in [0.5, 0.6) is 0 Å². The molecule has 1 aromatic heterocycles. The van der Waals surface area contributed by atoms with Gasteiger partial charge in [-0.3, -0.25) is 14.9 Å². The zero-order chi connectivity index (χ0) is 15.2. The number of benzene rings is 1. The molecular formula is C14H15N3O3S. The molecule has 0 fully saturated rings. The van der Waals surface area contributed by atoms with Crippen molar-refractivity contribution in [3.63, 3.8) is 0 Å². The van der Waals surface area contributed by atoms with E-state index in [2.05, 4.69) is 10.6 Å². The van der Waals surface area contributed by atoms with E-state index in [0.717, 1.165) is 6.42 Å². The Labute approximate surface area is 126 Å². The molecule has 1 aromatic carbocycles. The highest BCUT2D eigenvalue weighted by Crippen LogP contribution is 2.21. The van der Waals surface area contributed by atoms with Gasteiger partial charge in [-0.15, -0.1) is 11.3 Å². The predicted octanol–water partition coefficient (Wildman–Crippen LogP) is 2.67. The molecule has 0 saturated heterocycles. The summed E-state index contributed by atoms with van der Waals surface area (Å²) >= 11 is 1.63. The van der Waals surface area contributed by atoms with Crippen LogP contribution < -0.4 is 10.6 Å². The van der Waals surface area contributed by atoms with E-state index < -0.39 is 4.92 Å². The minimum absolute atomic E-state index is 0.0996. The van der Waals surface area contributed by atoms with Gasteiger partial charge in [0, 0.05) is 36.3 Å². The molecule has 0 aliphatic heterocycles. The fourth-order valence-electron chi connectivity index (χ4n) is 1.90. The molecule has 0 bridgehead atoms. The molecule has 6 nitrogen and oxygen atoms in total. The molecule has 21 heavy (non-hydrogen) atoms. The molecule has 0 saturated carbocycles. The van der Waals surface area contributed by atoms with Gasteiger partial charge in [0.05, 0.1) is 10.5 Å². The SMILES string of the molecule is CNc1ccc([N+](=O)[O-])cc1C(=O)NCCc1cccs1. The Morgan fingerprint density at radius 3 is 2.81 bits per heavy atom. The first kappa shape index (κ1) is 15.0. The smallest absolute Gasteiger partial charge is 0.270 e. The molecule has 0 aliphatic carbocycles. The van der Waals surface area contributed by atoms with E-state index in [1.54, 1.807) is 18.4 Å². The molecule has 7 heteroatoms. The Bertz CT molecular complexity index is 641. The molecule has 0 unspecified atom stereocenters. The lowest BCUT2D eigenvalue weighted by Gasteiger charge is -2.09. The minimum Gasteiger partial charge on any atom is -0.387 e. The van der Waals surface area contributed by atoms with Crippen molar-refractivity contribution in [2.75, 3.05) is 18.9 Å². The standard InChI is InChI=1S/C14H15N3O3S/c1-15-13-5-4-10(17(19)20)9-12(13)14(18)16-7-6-11-3-2-8-21-11/h2-5,8-9,15H,6-7H2,1H3,(H,16,18). The second kappa shape index (κ2) is 6.85. The van der Waals surface area contributed by atoms with Crippen LogP contribution in [0.1, 0.15) is 15.2 Å². The largest absolute Gasteiger partial charge is 0.387 e. The van der Waals surface area contributed by atoms with E-state index in [1.807, 2.05) is 17.5 Å². The molecule has 0 spiro atoms. The van der Waals surface area contributed by atoms with Gasteiger partial charge in [0.15, 0.2) is 0 Å². The maximum atomic E-state index is 12.2. The van der Waals surface area contributed by atoms with Gasteiger partial charge in [-0.25, -0.2) is 0 Å². The minimum atomic E-state index is -0.512. The van der Waals surface area contributed by atoms with Crippen molar-refractivity contribution in [1.29, 1.82) is 0 Å². The summed E-state index contributed by atoms with van der Waals surface area (Å²) in [5.41, 5.74) is 0.740. The summed E-state index contributed by atoms with van der Waals surface area (Å²) < 4.78 is 0. The molecule has 1 heterocycles. The van der Waals surface area contributed by atoms with Crippen molar-refractivity contribution < 1.29 is 9.72 Å². The van der Waals surface area contributed by atoms with Crippen LogP contribution in [0, 0.1) is 10.1 Å². The third-order valence-electron chi connectivity index (χ3n) is 2.96. The van der Waals surface area contributed by atoms with Crippen LogP contribution in [0.2, 0.25) is 0 Å². The van der Waals surface area contributed by atoms with Crippen molar-refractivity contribution in [3.05, 3.63) is 56.3 Å². The quantitative estimate of drug-likeness (QED) is 0.635. The fraction of sp³-hybridized carbons (Fsp3) is 0.214. The summed E-state index contributed by atoms with van der Waals surface area (Å²) in [5, 5.41) is 18.4. The van der Waals surface area contributed by atoms with Crippen LogP contribution >= 0.6 is 11.3 Å². The van der Waals surface area contributed by atoms with Gasteiger partial charge in [0.25, 0.3) is 11.6 Å². The summed E-state index contributed by atoms with van der Waals surface area (Å²) in [5.74, 6) is -0.320. The number of non-ortho nitro benzene ring substituents is 1. The van der Waals surface area contributed by atoms with Crippen LogP contribution in [-0.4, -0.2) is 24.4 Å². The van der Waals surface area contributed by atoms with E-state index >= 15 is 0 Å². The van der Waals surface area contributed by atoms with Crippen LogP contribution in [0.3, 0.4) is 0 Å². The number of thiophene rings is 1. The van der Waals surface area contributed by atoms with Gasteiger partial charge in [0.2, 0.25) is 0 Å². The number of rotatable bonds is 6. The molecular weight excluding hydrogens is 290 g/mol. The van der Waals surface area contributed by atoms with Crippen molar-refractivity contribution in [1.82, 2.24) is 5.32 Å². The van der Waals surface area contributed by atoms with Gasteiger partial charge < -0.3 is 10.6 Å². The second-order valence-corrected chi connectivity index (χ2v) is 5.35. The van der Waals surface area contributed by atoms with Crippen molar-refractivity contribution >= 4 is 28.6 Å². The van der Waals surface area contributed by atoms with Crippen molar-refractivity contribution in [2.45, 2.75) is 6.42 Å². The Morgan fingerprint density at radius 2 is 2.19 bits per heavy atom. The monoisotopic (exact) mass is 305 g/mol. The Morgan fingerprint density at radius 1 is 1.38 bits per heavy atom. The summed E-state index contributed by atoms with van der Waals surface area (Å²) in [6, 6.07) is 8.15. The zero-order valence-electron chi connectivity index (χ0n) is 11.5. The number of nitrogens with one attached hydrogen (secondary N) is 2. The lowest BCUT2D eigenvalue weighted by molar-refractivity contribution is -0.384. The van der Waals surface area contributed by atoms with Gasteiger partial charge >= 0.3 is 0 Å². The van der Waals surface area contributed by atoms with Gasteiger partial charge in [0.1, 0.15) is 0 Å². The Balaban J connectivity index is 2.06. The normalized spacial score (nSPS) is 10.1. The number of anilines is 1. The number of nitrogens with zero attached hydrogens (tertiary/aromatic N) is 1. The molecule has 1 amide bonds. The maximum absolute atomic E-state index is 12.2. The maximum Gasteiger partial charge on any atom is 0.270 e. The molecule has 0 radical (unpaired) electrons. The summed E-state index contributed by atoms with van der Waals surface area (Å²) in [6.07, 6.45) is 0.743. The number of amides is 1. The van der Waals surface area contributed by atoms with Crippen molar-refractivity contribution in [2.24, 2.45) is 0 Å². The number of hydrogen-bond donors (Lipinski definition) is 2. The number of hydrogen-bond acceptors (Lipinski definition) is 5. The number of carbonyl (C=O) groups is 1. The number of nitro benzene ring substituents is 1. The third kappa shape index (κ3) is 3.79. The number of nitro groups is 1. The second-order valence-electron chi connectivity index (χ2n) is 4.32. The highest BCUT2D eigenvalue weighted by Gasteiger charge is 2.15. The van der Waals surface area contributed by atoms with Gasteiger partial charge in [-0.05, 0) is 23.9 Å². The van der Waals surface area contributed by atoms with Gasteiger partial charge in [-0.1, -0.05) is 6.07 Å². The highest BCUT2D eigenvalue weighted by molar-refractivity contribution is 7.09. The Hall–Kier alpha value is -2.41. The van der Waals surface area contributed by atoms with Crippen LogP contribution in [0.15, 0.2) is 35.7 Å². The Kier molecular flexibility index (Phi) is 4.89. The molecule has 2 rings (SSSR count). The molecule has 0 aliphatic rings. The lowest BCUT2D eigenvalue weighted by Crippen LogP contribution is -2.26. The molecule has 110 valence electrons. The number of carbonyl (C=O) groups excluding carboxylic acids is 1. The zero-order valence-corrected chi connectivity index (χ0v) is 12.3. The van der Waals surface area contributed by atoms with Crippen LogP contribution in [-0.2, 0) is 6.42 Å². The molecule has 0 atom stereocenters. The van der Waals surface area contributed by atoms with E-state index in [9.17, 15) is 14.9 Å². The fourth-order valence-corrected chi connectivity index (χ4v) is 2.61. The van der Waals surface area contributed by atoms with E-state index in [4.69, 9.17) is 0 Å². The average molecular weight is 305 g/mol. The first-order valence-electron chi connectivity index (χ1n) is 6.38. The molecule has 2 aromatic rings. The third-order valence-corrected chi connectivity index (χ3v) is 3.90. The predicted molar refractivity (Wildman–Crippen MR) is 83.0 cm³/mol. The summed E-state index contributed by atoms with van der Waals surface area (Å²) in [6.45, 7) is 0.491. The summed E-state index contributed by atoms with van der Waals surface area (Å²) in [4.78, 5) is 23.6. The molecule has 2 N–H and O–H groups in total. The van der Waals surface area contributed by atoms with E-state index in [-0.39, 0.29) is 17.2 Å². The average Bonchev–Trinajstić information content (AvgIpc) is 2.99. The van der Waals surface area contributed by atoms with E-state index in [1.165, 1.54) is 23.1 Å². The highest BCUT2D eigenvalue weighted by atomic mass is 32.1. The van der Waals surface area contributed by atoms with Gasteiger partial charge in [-0.2, -0.15) is 0 Å². The summed E-state index contributed by atoms with van der Waals surface area (Å²) in [7, 11) is 1.67. The first-order chi connectivity index (χ1) is 10.1. The topological polar surface area (TPSA) is 84.3 Å². The first-order valence-corrected chi connectivity index (χ1v) is 7.26. The van der Waals surface area contributed by atoms with Crippen LogP contribution in [0.25, 0.3) is 0 Å². The van der Waals surface area contributed by atoms with E-state index in [0.29, 0.717) is 12.2 Å². The lowest BCUT2D eigenvalue weighted by atomic mass is 10.1. The van der Waals surface area contributed by atoms with Crippen LogP contribution in [0.4, 0.5) is 11.4 Å². The van der Waals surface area contributed by atoms with Crippen molar-refractivity contribution in [3.8, 4) is 0 Å².